The molecule has 1 saturated carbocycles. The SMILES string of the molecule is CC1CC1C(N)c1c(Br)cnn1CCN(C)C. The first-order chi connectivity index (χ1) is 8.00. The minimum Gasteiger partial charge on any atom is -0.322 e. The number of rotatable bonds is 5. The molecule has 0 aliphatic heterocycles. The summed E-state index contributed by atoms with van der Waals surface area (Å²) in [7, 11) is 4.14. The molecule has 1 aromatic heterocycles. The lowest BCUT2D eigenvalue weighted by atomic mass is 10.1. The summed E-state index contributed by atoms with van der Waals surface area (Å²) >= 11 is 3.56. The highest BCUT2D eigenvalue weighted by Gasteiger charge is 2.40. The van der Waals surface area contributed by atoms with E-state index in [-0.39, 0.29) is 6.04 Å². The maximum atomic E-state index is 6.34. The van der Waals surface area contributed by atoms with Gasteiger partial charge in [-0.15, -0.1) is 0 Å². The van der Waals surface area contributed by atoms with Crippen molar-refractivity contribution in [3.63, 3.8) is 0 Å². The van der Waals surface area contributed by atoms with E-state index < -0.39 is 0 Å². The Balaban J connectivity index is 2.11. The van der Waals surface area contributed by atoms with Gasteiger partial charge in [-0.1, -0.05) is 6.92 Å². The maximum absolute atomic E-state index is 6.34. The van der Waals surface area contributed by atoms with E-state index in [0.717, 1.165) is 29.2 Å². The van der Waals surface area contributed by atoms with Gasteiger partial charge in [-0.25, -0.2) is 0 Å². The van der Waals surface area contributed by atoms with Crippen LogP contribution in [0.2, 0.25) is 0 Å². The van der Waals surface area contributed by atoms with Gasteiger partial charge in [-0.05, 0) is 48.3 Å². The molecule has 2 N–H and O–H groups in total. The molecule has 0 saturated heterocycles. The standard InChI is InChI=1S/C12H21BrN4/c1-8-6-9(8)11(14)12-10(13)7-15-17(12)5-4-16(2)3/h7-9,11H,4-6,14H2,1-3H3. The van der Waals surface area contributed by atoms with Crippen molar-refractivity contribution in [3.05, 3.63) is 16.4 Å². The molecule has 17 heavy (non-hydrogen) atoms. The fourth-order valence-corrected chi connectivity index (χ4v) is 2.79. The van der Waals surface area contributed by atoms with Gasteiger partial charge >= 0.3 is 0 Å². The van der Waals surface area contributed by atoms with E-state index in [9.17, 15) is 0 Å². The third-order valence-electron chi connectivity index (χ3n) is 3.54. The van der Waals surface area contributed by atoms with Crippen LogP contribution in [0.15, 0.2) is 10.7 Å². The van der Waals surface area contributed by atoms with Crippen LogP contribution in [0.4, 0.5) is 0 Å². The molecule has 4 nitrogen and oxygen atoms in total. The third kappa shape index (κ3) is 2.89. The Hall–Kier alpha value is -0.390. The summed E-state index contributed by atoms with van der Waals surface area (Å²) in [4.78, 5) is 2.16. The van der Waals surface area contributed by atoms with E-state index in [0.29, 0.717) is 5.92 Å². The van der Waals surface area contributed by atoms with E-state index in [1.807, 2.05) is 10.9 Å². The van der Waals surface area contributed by atoms with Crippen molar-refractivity contribution >= 4 is 15.9 Å². The van der Waals surface area contributed by atoms with Gasteiger partial charge in [0.05, 0.1) is 29.0 Å². The lowest BCUT2D eigenvalue weighted by Crippen LogP contribution is -2.24. The van der Waals surface area contributed by atoms with Crippen molar-refractivity contribution in [2.24, 2.45) is 17.6 Å². The molecule has 3 unspecified atom stereocenters. The van der Waals surface area contributed by atoms with Crippen molar-refractivity contribution in [2.45, 2.75) is 25.9 Å². The number of nitrogens with zero attached hydrogens (tertiary/aromatic N) is 3. The Labute approximate surface area is 111 Å². The van der Waals surface area contributed by atoms with E-state index >= 15 is 0 Å². The van der Waals surface area contributed by atoms with Crippen molar-refractivity contribution in [3.8, 4) is 0 Å². The van der Waals surface area contributed by atoms with Crippen molar-refractivity contribution in [2.75, 3.05) is 20.6 Å². The van der Waals surface area contributed by atoms with Crippen molar-refractivity contribution in [1.29, 1.82) is 0 Å². The van der Waals surface area contributed by atoms with Gasteiger partial charge in [0.2, 0.25) is 0 Å². The Morgan fingerprint density at radius 3 is 2.82 bits per heavy atom. The van der Waals surface area contributed by atoms with Gasteiger partial charge in [0, 0.05) is 6.54 Å². The van der Waals surface area contributed by atoms with Crippen molar-refractivity contribution in [1.82, 2.24) is 14.7 Å². The molecule has 0 bridgehead atoms. The predicted molar refractivity (Wildman–Crippen MR) is 72.7 cm³/mol. The van der Waals surface area contributed by atoms with Crippen LogP contribution in [0.25, 0.3) is 0 Å². The quantitative estimate of drug-likeness (QED) is 0.903. The van der Waals surface area contributed by atoms with Crippen LogP contribution in [-0.4, -0.2) is 35.3 Å². The van der Waals surface area contributed by atoms with Crippen LogP contribution >= 0.6 is 15.9 Å². The normalized spacial score (nSPS) is 25.3. The largest absolute Gasteiger partial charge is 0.322 e. The highest BCUT2D eigenvalue weighted by molar-refractivity contribution is 9.10. The van der Waals surface area contributed by atoms with Gasteiger partial charge < -0.3 is 10.6 Å². The number of aromatic nitrogens is 2. The Bertz CT molecular complexity index is 388. The highest BCUT2D eigenvalue weighted by Crippen LogP contribution is 2.46. The molecule has 5 heteroatoms. The fourth-order valence-electron chi connectivity index (χ4n) is 2.23. The Morgan fingerprint density at radius 1 is 1.65 bits per heavy atom. The average Bonchev–Trinajstić information content (AvgIpc) is 2.86. The van der Waals surface area contributed by atoms with E-state index in [2.05, 4.69) is 46.9 Å². The van der Waals surface area contributed by atoms with Gasteiger partial charge in [-0.3, -0.25) is 4.68 Å². The lowest BCUT2D eigenvalue weighted by Gasteiger charge is -2.16. The zero-order valence-corrected chi connectivity index (χ0v) is 12.3. The molecule has 3 atom stereocenters. The van der Waals surface area contributed by atoms with Gasteiger partial charge in [0.25, 0.3) is 0 Å². The second kappa shape index (κ2) is 5.08. The molecule has 96 valence electrons. The molecule has 1 aliphatic carbocycles. The van der Waals surface area contributed by atoms with E-state index in [1.165, 1.54) is 6.42 Å². The number of hydrogen-bond acceptors (Lipinski definition) is 3. The monoisotopic (exact) mass is 300 g/mol. The second-order valence-electron chi connectivity index (χ2n) is 5.31. The summed E-state index contributed by atoms with van der Waals surface area (Å²) < 4.78 is 3.09. The second-order valence-corrected chi connectivity index (χ2v) is 6.16. The minimum absolute atomic E-state index is 0.115. The van der Waals surface area contributed by atoms with Crippen LogP contribution in [0, 0.1) is 11.8 Å². The van der Waals surface area contributed by atoms with Crippen molar-refractivity contribution < 1.29 is 0 Å². The minimum atomic E-state index is 0.115. The van der Waals surface area contributed by atoms with Crippen LogP contribution in [-0.2, 0) is 6.54 Å². The summed E-state index contributed by atoms with van der Waals surface area (Å²) in [5.41, 5.74) is 7.49. The zero-order chi connectivity index (χ0) is 12.6. The molecule has 1 aromatic rings. The maximum Gasteiger partial charge on any atom is 0.0696 e. The van der Waals surface area contributed by atoms with E-state index in [1.54, 1.807) is 0 Å². The molecule has 0 amide bonds. The van der Waals surface area contributed by atoms with E-state index in [4.69, 9.17) is 5.73 Å². The summed E-state index contributed by atoms with van der Waals surface area (Å²) in [6.45, 7) is 4.13. The molecular formula is C12H21BrN4. The fraction of sp³-hybridized carbons (Fsp3) is 0.750. The number of hydrogen-bond donors (Lipinski definition) is 1. The molecule has 1 aliphatic rings. The third-order valence-corrected chi connectivity index (χ3v) is 4.15. The zero-order valence-electron chi connectivity index (χ0n) is 10.7. The summed E-state index contributed by atoms with van der Waals surface area (Å²) in [6.07, 6.45) is 3.10. The van der Waals surface area contributed by atoms with Crippen LogP contribution < -0.4 is 5.73 Å². The average molecular weight is 301 g/mol. The Kier molecular flexibility index (Phi) is 3.90. The number of likely N-dealkylation sites (N-methyl/N-ethyl adjacent to an activating group) is 1. The first kappa shape index (κ1) is 13.1. The lowest BCUT2D eigenvalue weighted by molar-refractivity contribution is 0.363. The summed E-state index contributed by atoms with van der Waals surface area (Å²) in [5.74, 6) is 1.38. The predicted octanol–water partition coefficient (Wildman–Crippen LogP) is 1.86. The number of halogens is 1. The van der Waals surface area contributed by atoms with Crippen LogP contribution in [0.5, 0.6) is 0 Å². The molecule has 0 aromatic carbocycles. The molecule has 0 radical (unpaired) electrons. The molecule has 2 rings (SSSR count). The molecule has 0 spiro atoms. The number of nitrogens with two attached hydrogens (primary N) is 1. The molecule has 1 fully saturated rings. The first-order valence-electron chi connectivity index (χ1n) is 6.12. The van der Waals surface area contributed by atoms with Gasteiger partial charge in [0.1, 0.15) is 0 Å². The van der Waals surface area contributed by atoms with Gasteiger partial charge in [0.15, 0.2) is 0 Å². The Morgan fingerprint density at radius 2 is 2.29 bits per heavy atom. The summed E-state index contributed by atoms with van der Waals surface area (Å²) in [6, 6.07) is 0.115. The summed E-state index contributed by atoms with van der Waals surface area (Å²) in [5, 5.41) is 4.41. The van der Waals surface area contributed by atoms with Crippen LogP contribution in [0.1, 0.15) is 25.1 Å². The first-order valence-corrected chi connectivity index (χ1v) is 6.91. The highest BCUT2D eigenvalue weighted by atomic mass is 79.9. The topological polar surface area (TPSA) is 47.1 Å². The van der Waals surface area contributed by atoms with Gasteiger partial charge in [-0.2, -0.15) is 5.10 Å². The molecular weight excluding hydrogens is 280 g/mol. The molecule has 1 heterocycles. The smallest absolute Gasteiger partial charge is 0.0696 e. The van der Waals surface area contributed by atoms with Crippen LogP contribution in [0.3, 0.4) is 0 Å².